The molecule has 0 aliphatic carbocycles. The number of ether oxygens (including phenoxy) is 4. The Bertz CT molecular complexity index is 858. The number of carbonyl (C=O) groups is 3. The van der Waals surface area contributed by atoms with Gasteiger partial charge in [-0.2, -0.15) is 0 Å². The zero-order valence-electron chi connectivity index (χ0n) is 19.7. The van der Waals surface area contributed by atoms with Crippen LogP contribution in [0.3, 0.4) is 0 Å². The Kier molecular flexibility index (Phi) is 6.86. The number of esters is 3. The Hall–Kier alpha value is -2.19. The first-order valence-corrected chi connectivity index (χ1v) is 11.2. The van der Waals surface area contributed by atoms with E-state index in [0.717, 1.165) is 24.8 Å². The fourth-order valence-corrected chi connectivity index (χ4v) is 5.12. The third kappa shape index (κ3) is 4.76. The highest BCUT2D eigenvalue weighted by Gasteiger charge is 2.57. The summed E-state index contributed by atoms with van der Waals surface area (Å²) in [6, 6.07) is 0. The van der Waals surface area contributed by atoms with Crippen molar-refractivity contribution in [1.29, 1.82) is 0 Å². The zero-order chi connectivity index (χ0) is 23.8. The third-order valence-corrected chi connectivity index (χ3v) is 6.75. The first-order valence-electron chi connectivity index (χ1n) is 11.2. The van der Waals surface area contributed by atoms with Crippen LogP contribution in [0.4, 0.5) is 0 Å². The summed E-state index contributed by atoms with van der Waals surface area (Å²) in [5.74, 6) is -3.69. The van der Waals surface area contributed by atoms with Gasteiger partial charge in [-0.05, 0) is 52.4 Å². The van der Waals surface area contributed by atoms with Crippen LogP contribution in [0, 0.1) is 5.92 Å². The molecule has 3 aliphatic heterocycles. The number of fused-ring (bicyclic) bond motifs is 3. The van der Waals surface area contributed by atoms with E-state index in [1.165, 1.54) is 20.8 Å². The van der Waals surface area contributed by atoms with Crippen LogP contribution in [0.15, 0.2) is 22.8 Å². The van der Waals surface area contributed by atoms with Crippen LogP contribution >= 0.6 is 0 Å². The van der Waals surface area contributed by atoms with Crippen LogP contribution in [0.2, 0.25) is 0 Å². The lowest BCUT2D eigenvalue weighted by Crippen LogP contribution is -2.54. The van der Waals surface area contributed by atoms with Crippen molar-refractivity contribution in [1.82, 2.24) is 0 Å². The number of carbonyl (C=O) groups excluding carboxylic acids is 3. The van der Waals surface area contributed by atoms with Gasteiger partial charge in [0.2, 0.25) is 5.79 Å². The first kappa shape index (κ1) is 24.5. The molecule has 178 valence electrons. The van der Waals surface area contributed by atoms with E-state index in [4.69, 9.17) is 18.9 Å². The molecule has 0 aromatic rings. The summed E-state index contributed by atoms with van der Waals surface area (Å²) >= 11 is 0. The molecular formula is C24H34O8. The lowest BCUT2D eigenvalue weighted by molar-refractivity contribution is -0.205. The van der Waals surface area contributed by atoms with Crippen LogP contribution in [0.5, 0.6) is 0 Å². The maximum absolute atomic E-state index is 12.5. The molecule has 0 unspecified atom stereocenters. The van der Waals surface area contributed by atoms with Gasteiger partial charge >= 0.3 is 17.9 Å². The van der Waals surface area contributed by atoms with Gasteiger partial charge in [-0.25, -0.2) is 4.79 Å². The SMILES string of the molecule is CC(=O)O[C@@H]1[C@@H](OC(C)=O)C2=C(C)C(=O)O[C@]2(O)C/C(C)=C\CC[C@@H](C)[C@@H]2CC[C@]1(C)O2. The summed E-state index contributed by atoms with van der Waals surface area (Å²) in [5.41, 5.74) is 0.0744. The molecule has 0 aromatic carbocycles. The van der Waals surface area contributed by atoms with Crippen molar-refractivity contribution in [2.75, 3.05) is 0 Å². The molecule has 32 heavy (non-hydrogen) atoms. The molecule has 1 N–H and O–H groups in total. The van der Waals surface area contributed by atoms with Gasteiger partial charge < -0.3 is 24.1 Å². The van der Waals surface area contributed by atoms with Crippen LogP contribution < -0.4 is 0 Å². The van der Waals surface area contributed by atoms with Gasteiger partial charge in [-0.15, -0.1) is 0 Å². The fourth-order valence-electron chi connectivity index (χ4n) is 5.12. The minimum Gasteiger partial charge on any atom is -0.455 e. The minimum absolute atomic E-state index is 0.0192. The quantitative estimate of drug-likeness (QED) is 0.388. The molecule has 0 saturated carbocycles. The molecule has 3 rings (SSSR count). The second kappa shape index (κ2) is 8.98. The Balaban J connectivity index is 2.20. The predicted octanol–water partition coefficient (Wildman–Crippen LogP) is 3.12. The van der Waals surface area contributed by atoms with Crippen LogP contribution in [-0.4, -0.2) is 52.7 Å². The Morgan fingerprint density at radius 2 is 1.81 bits per heavy atom. The monoisotopic (exact) mass is 450 g/mol. The normalized spacial score (nSPS) is 39.6. The second-order valence-electron chi connectivity index (χ2n) is 9.56. The average Bonchev–Trinajstić information content (AvgIpc) is 3.16. The minimum atomic E-state index is -2.02. The predicted molar refractivity (Wildman–Crippen MR) is 114 cm³/mol. The highest BCUT2D eigenvalue weighted by molar-refractivity contribution is 5.92. The average molecular weight is 451 g/mol. The number of hydrogen-bond donors (Lipinski definition) is 1. The van der Waals surface area contributed by atoms with Gasteiger partial charge in [0.05, 0.1) is 11.7 Å². The lowest BCUT2D eigenvalue weighted by Gasteiger charge is -2.40. The van der Waals surface area contributed by atoms with Gasteiger partial charge in [0.25, 0.3) is 0 Å². The molecule has 1 fully saturated rings. The summed E-state index contributed by atoms with van der Waals surface area (Å²) in [6.45, 7) is 9.81. The van der Waals surface area contributed by atoms with Gasteiger partial charge in [0.1, 0.15) is 5.60 Å². The Morgan fingerprint density at radius 1 is 1.16 bits per heavy atom. The molecule has 2 bridgehead atoms. The maximum Gasteiger partial charge on any atom is 0.336 e. The molecule has 8 heteroatoms. The van der Waals surface area contributed by atoms with Gasteiger partial charge in [0, 0.05) is 25.8 Å². The lowest BCUT2D eigenvalue weighted by atomic mass is 9.82. The molecule has 0 amide bonds. The smallest absolute Gasteiger partial charge is 0.336 e. The number of hydrogen-bond acceptors (Lipinski definition) is 8. The number of rotatable bonds is 2. The zero-order valence-corrected chi connectivity index (χ0v) is 19.7. The van der Waals surface area contributed by atoms with E-state index in [2.05, 4.69) is 6.92 Å². The largest absolute Gasteiger partial charge is 0.455 e. The standard InChI is InChI=1S/C24H34O8/c1-13-8-7-9-14(2)18-10-11-23(6,31-18)21(30-17(5)26)20(29-16(4)25)19-15(3)22(27)32-24(19,28)12-13/h8,14,18,20-21,28H,7,9-12H2,1-6H3/b13-8-/t14-,18+,20+,21-,23+,24-/m1/s1. The van der Waals surface area contributed by atoms with Crippen molar-refractivity contribution in [2.24, 2.45) is 5.92 Å². The summed E-state index contributed by atoms with van der Waals surface area (Å²) in [5, 5.41) is 11.5. The van der Waals surface area contributed by atoms with Crippen molar-refractivity contribution in [3.8, 4) is 0 Å². The molecular weight excluding hydrogens is 416 g/mol. The molecule has 8 nitrogen and oxygen atoms in total. The summed E-state index contributed by atoms with van der Waals surface area (Å²) < 4.78 is 23.2. The Labute approximate surface area is 188 Å². The van der Waals surface area contributed by atoms with E-state index in [1.54, 1.807) is 0 Å². The van der Waals surface area contributed by atoms with Crippen molar-refractivity contribution >= 4 is 17.9 Å². The number of aliphatic hydroxyl groups is 1. The molecule has 1 saturated heterocycles. The van der Waals surface area contributed by atoms with E-state index in [0.29, 0.717) is 6.42 Å². The molecule has 0 spiro atoms. The van der Waals surface area contributed by atoms with E-state index in [1.807, 2.05) is 19.9 Å². The van der Waals surface area contributed by atoms with Crippen LogP contribution in [0.1, 0.15) is 73.6 Å². The molecule has 3 heterocycles. The number of allylic oxidation sites excluding steroid dienone is 1. The van der Waals surface area contributed by atoms with Crippen molar-refractivity contribution in [3.05, 3.63) is 22.8 Å². The van der Waals surface area contributed by atoms with Crippen molar-refractivity contribution in [2.45, 2.75) is 103 Å². The fraction of sp³-hybridized carbons (Fsp3) is 0.708. The summed E-state index contributed by atoms with van der Waals surface area (Å²) in [4.78, 5) is 36.8. The maximum atomic E-state index is 12.5. The van der Waals surface area contributed by atoms with E-state index < -0.39 is 41.5 Å². The van der Waals surface area contributed by atoms with E-state index in [-0.39, 0.29) is 29.6 Å². The van der Waals surface area contributed by atoms with Crippen molar-refractivity contribution < 1.29 is 38.4 Å². The van der Waals surface area contributed by atoms with E-state index in [9.17, 15) is 19.5 Å². The second-order valence-corrected chi connectivity index (χ2v) is 9.56. The van der Waals surface area contributed by atoms with Crippen molar-refractivity contribution in [3.63, 3.8) is 0 Å². The molecule has 6 atom stereocenters. The van der Waals surface area contributed by atoms with Gasteiger partial charge in [0.15, 0.2) is 12.2 Å². The highest BCUT2D eigenvalue weighted by atomic mass is 16.7. The third-order valence-electron chi connectivity index (χ3n) is 6.75. The van der Waals surface area contributed by atoms with Gasteiger partial charge in [-0.3, -0.25) is 9.59 Å². The summed E-state index contributed by atoms with van der Waals surface area (Å²) in [6.07, 6.45) is 2.64. The summed E-state index contributed by atoms with van der Waals surface area (Å²) in [7, 11) is 0. The molecule has 0 radical (unpaired) electrons. The Morgan fingerprint density at radius 3 is 2.44 bits per heavy atom. The first-order chi connectivity index (χ1) is 14.9. The molecule has 0 aromatic heterocycles. The van der Waals surface area contributed by atoms with Crippen LogP contribution in [-0.2, 0) is 33.3 Å². The topological polar surface area (TPSA) is 108 Å². The highest BCUT2D eigenvalue weighted by Crippen LogP contribution is 2.46. The van der Waals surface area contributed by atoms with E-state index >= 15 is 0 Å². The van der Waals surface area contributed by atoms with Crippen LogP contribution in [0.25, 0.3) is 0 Å². The molecule has 3 aliphatic rings. The van der Waals surface area contributed by atoms with Gasteiger partial charge in [-0.1, -0.05) is 18.6 Å².